The van der Waals surface area contributed by atoms with E-state index in [-0.39, 0.29) is 0 Å². The van der Waals surface area contributed by atoms with Gasteiger partial charge in [0, 0.05) is 32.0 Å². The van der Waals surface area contributed by atoms with Gasteiger partial charge in [-0.15, -0.1) is 10.2 Å². The molecule has 6 heteroatoms. The Balaban J connectivity index is 1.31. The van der Waals surface area contributed by atoms with Crippen LogP contribution in [0.1, 0.15) is 12.1 Å². The molecule has 0 N–H and O–H groups in total. The van der Waals surface area contributed by atoms with Crippen LogP contribution in [0.15, 0.2) is 67.5 Å². The van der Waals surface area contributed by atoms with Crippen molar-refractivity contribution in [2.45, 2.75) is 19.5 Å². The molecule has 1 aliphatic rings. The van der Waals surface area contributed by atoms with Gasteiger partial charge in [0.1, 0.15) is 12.7 Å². The highest BCUT2D eigenvalue weighted by atomic mass is 15.2. The van der Waals surface area contributed by atoms with Gasteiger partial charge < -0.3 is 4.57 Å². The van der Waals surface area contributed by atoms with Crippen LogP contribution >= 0.6 is 0 Å². The highest BCUT2D eigenvalue weighted by molar-refractivity contribution is 5.82. The monoisotopic (exact) mass is 358 g/mol. The van der Waals surface area contributed by atoms with Crippen molar-refractivity contribution in [1.29, 1.82) is 0 Å². The molecule has 6 nitrogen and oxygen atoms in total. The second-order valence-electron chi connectivity index (χ2n) is 7.29. The van der Waals surface area contributed by atoms with E-state index in [0.29, 0.717) is 5.92 Å². The van der Waals surface area contributed by atoms with E-state index in [4.69, 9.17) is 0 Å². The third-order valence-corrected chi connectivity index (χ3v) is 5.41. The summed E-state index contributed by atoms with van der Waals surface area (Å²) in [4.78, 5) is 6.97. The molecular formula is C21H22N6. The van der Waals surface area contributed by atoms with Gasteiger partial charge in [0.2, 0.25) is 0 Å². The lowest BCUT2D eigenvalue weighted by atomic mass is 10.1. The predicted molar refractivity (Wildman–Crippen MR) is 104 cm³/mol. The molecule has 0 aliphatic carbocycles. The standard InChI is InChI=1S/C21H22N6/c1-2-8-22-19(3-1)14-25-9-6-17(12-25)13-26-10-7-18-4-5-20(11-21(18)26)27-15-23-24-16-27/h1-5,7-8,10-11,15-17H,6,9,12-14H2. The second-order valence-corrected chi connectivity index (χ2v) is 7.29. The number of nitrogens with zero attached hydrogens (tertiary/aromatic N) is 6. The molecule has 1 atom stereocenters. The fourth-order valence-corrected chi connectivity index (χ4v) is 4.03. The lowest BCUT2D eigenvalue weighted by Gasteiger charge is -2.16. The van der Waals surface area contributed by atoms with Crippen molar-refractivity contribution in [3.05, 3.63) is 73.2 Å². The Labute approximate surface area is 158 Å². The maximum Gasteiger partial charge on any atom is 0.123 e. The summed E-state index contributed by atoms with van der Waals surface area (Å²) in [5.74, 6) is 0.669. The second kappa shape index (κ2) is 6.96. The van der Waals surface area contributed by atoms with Crippen molar-refractivity contribution in [3.63, 3.8) is 0 Å². The molecule has 0 amide bonds. The minimum absolute atomic E-state index is 0.669. The lowest BCUT2D eigenvalue weighted by Crippen LogP contribution is -2.22. The van der Waals surface area contributed by atoms with Crippen molar-refractivity contribution >= 4 is 10.9 Å². The summed E-state index contributed by atoms with van der Waals surface area (Å²) >= 11 is 0. The van der Waals surface area contributed by atoms with Crippen molar-refractivity contribution in [2.75, 3.05) is 13.1 Å². The number of rotatable bonds is 5. The Morgan fingerprint density at radius 2 is 1.96 bits per heavy atom. The van der Waals surface area contributed by atoms with Gasteiger partial charge in [0.25, 0.3) is 0 Å². The van der Waals surface area contributed by atoms with Gasteiger partial charge in [0.05, 0.1) is 16.9 Å². The summed E-state index contributed by atoms with van der Waals surface area (Å²) in [7, 11) is 0. The smallest absolute Gasteiger partial charge is 0.123 e. The van der Waals surface area contributed by atoms with Crippen molar-refractivity contribution < 1.29 is 0 Å². The Morgan fingerprint density at radius 1 is 1.04 bits per heavy atom. The molecule has 3 aromatic heterocycles. The number of benzene rings is 1. The van der Waals surface area contributed by atoms with Crippen LogP contribution in [0, 0.1) is 5.92 Å². The van der Waals surface area contributed by atoms with Gasteiger partial charge >= 0.3 is 0 Å². The molecule has 5 rings (SSSR count). The zero-order valence-electron chi connectivity index (χ0n) is 15.1. The molecule has 1 aromatic carbocycles. The first kappa shape index (κ1) is 16.2. The number of pyridine rings is 1. The van der Waals surface area contributed by atoms with E-state index in [9.17, 15) is 0 Å². The molecule has 4 heterocycles. The number of fused-ring (bicyclic) bond motifs is 1. The van der Waals surface area contributed by atoms with Crippen LogP contribution in [-0.2, 0) is 13.1 Å². The quantitative estimate of drug-likeness (QED) is 0.550. The minimum atomic E-state index is 0.669. The van der Waals surface area contributed by atoms with Crippen molar-refractivity contribution in [2.24, 2.45) is 5.92 Å². The number of hydrogen-bond donors (Lipinski definition) is 0. The molecule has 1 fully saturated rings. The van der Waals surface area contributed by atoms with Gasteiger partial charge in [-0.1, -0.05) is 12.1 Å². The summed E-state index contributed by atoms with van der Waals surface area (Å²) in [5, 5.41) is 9.09. The lowest BCUT2D eigenvalue weighted by molar-refractivity contribution is 0.306. The number of likely N-dealkylation sites (tertiary alicyclic amines) is 1. The fraction of sp³-hybridized carbons (Fsp3) is 0.286. The highest BCUT2D eigenvalue weighted by Crippen LogP contribution is 2.24. The Hall–Kier alpha value is -2.99. The molecule has 0 saturated carbocycles. The Kier molecular flexibility index (Phi) is 4.18. The van der Waals surface area contributed by atoms with Crippen LogP contribution in [0.2, 0.25) is 0 Å². The maximum atomic E-state index is 4.46. The zero-order chi connectivity index (χ0) is 18.1. The molecule has 0 spiro atoms. The fourth-order valence-electron chi connectivity index (χ4n) is 4.03. The van der Waals surface area contributed by atoms with Gasteiger partial charge in [0.15, 0.2) is 0 Å². The van der Waals surface area contributed by atoms with E-state index in [1.807, 2.05) is 16.8 Å². The molecule has 1 unspecified atom stereocenters. The van der Waals surface area contributed by atoms with Crippen LogP contribution in [-0.4, -0.2) is 42.3 Å². The Morgan fingerprint density at radius 3 is 2.81 bits per heavy atom. The van der Waals surface area contributed by atoms with Crippen LogP contribution < -0.4 is 0 Å². The SMILES string of the molecule is c1ccc(CN2CCC(Cn3ccc4ccc(-n5cnnc5)cc43)C2)nc1. The summed E-state index contributed by atoms with van der Waals surface area (Å²) in [6.07, 6.45) is 8.80. The van der Waals surface area contributed by atoms with Crippen molar-refractivity contribution in [1.82, 2.24) is 29.2 Å². The molecule has 0 bridgehead atoms. The normalized spacial score (nSPS) is 17.7. The van der Waals surface area contributed by atoms with Crippen LogP contribution in [0.4, 0.5) is 0 Å². The number of aromatic nitrogens is 5. The molecule has 1 aliphatic heterocycles. The van der Waals surface area contributed by atoms with E-state index in [0.717, 1.165) is 37.6 Å². The van der Waals surface area contributed by atoms with Gasteiger partial charge in [-0.2, -0.15) is 0 Å². The third kappa shape index (κ3) is 3.36. The molecule has 0 radical (unpaired) electrons. The van der Waals surface area contributed by atoms with Crippen molar-refractivity contribution in [3.8, 4) is 5.69 Å². The average Bonchev–Trinajstić information content (AvgIpc) is 3.45. The van der Waals surface area contributed by atoms with Gasteiger partial charge in [-0.05, 0) is 54.6 Å². The third-order valence-electron chi connectivity index (χ3n) is 5.41. The number of hydrogen-bond acceptors (Lipinski definition) is 4. The van der Waals surface area contributed by atoms with Gasteiger partial charge in [-0.25, -0.2) is 0 Å². The minimum Gasteiger partial charge on any atom is -0.347 e. The molecule has 4 aromatic rings. The average molecular weight is 358 g/mol. The predicted octanol–water partition coefficient (Wildman–Crippen LogP) is 3.14. The zero-order valence-corrected chi connectivity index (χ0v) is 15.1. The summed E-state index contributed by atoms with van der Waals surface area (Å²) in [6, 6.07) is 14.9. The van der Waals surface area contributed by atoms with Crippen LogP contribution in [0.5, 0.6) is 0 Å². The van der Waals surface area contributed by atoms with E-state index in [2.05, 4.69) is 67.2 Å². The molecule has 27 heavy (non-hydrogen) atoms. The van der Waals surface area contributed by atoms with Crippen LogP contribution in [0.25, 0.3) is 16.6 Å². The van der Waals surface area contributed by atoms with E-state index in [1.54, 1.807) is 12.7 Å². The van der Waals surface area contributed by atoms with Crippen LogP contribution in [0.3, 0.4) is 0 Å². The van der Waals surface area contributed by atoms with Gasteiger partial charge in [-0.3, -0.25) is 14.5 Å². The highest BCUT2D eigenvalue weighted by Gasteiger charge is 2.23. The van der Waals surface area contributed by atoms with E-state index < -0.39 is 0 Å². The molecular weight excluding hydrogens is 336 g/mol. The summed E-state index contributed by atoms with van der Waals surface area (Å²) < 4.78 is 4.33. The van der Waals surface area contributed by atoms with E-state index >= 15 is 0 Å². The maximum absolute atomic E-state index is 4.46. The Bertz CT molecular complexity index is 1020. The molecule has 1 saturated heterocycles. The first-order valence-corrected chi connectivity index (χ1v) is 9.41. The first-order chi connectivity index (χ1) is 13.3. The first-order valence-electron chi connectivity index (χ1n) is 9.41. The largest absolute Gasteiger partial charge is 0.347 e. The summed E-state index contributed by atoms with van der Waals surface area (Å²) in [6.45, 7) is 4.27. The molecule has 136 valence electrons. The summed E-state index contributed by atoms with van der Waals surface area (Å²) in [5.41, 5.74) is 3.52. The van der Waals surface area contributed by atoms with E-state index in [1.165, 1.54) is 17.3 Å². The topological polar surface area (TPSA) is 51.8 Å².